The highest BCUT2D eigenvalue weighted by molar-refractivity contribution is 5.92. The number of carbonyl (C=O) groups is 2. The van der Waals surface area contributed by atoms with Gasteiger partial charge in [-0.2, -0.15) is 5.10 Å². The van der Waals surface area contributed by atoms with E-state index in [2.05, 4.69) is 20.0 Å². The Hall–Kier alpha value is -3.59. The largest absolute Gasteiger partial charge is 0.338 e. The number of para-hydroxylation sites is 1. The van der Waals surface area contributed by atoms with Crippen molar-refractivity contribution in [2.24, 2.45) is 0 Å². The Balaban J connectivity index is 1.51. The molecule has 190 valence electrons. The first kappa shape index (κ1) is 25.5. The average Bonchev–Trinajstić information content (AvgIpc) is 3.39. The van der Waals surface area contributed by atoms with Crippen LogP contribution in [0.1, 0.15) is 43.9 Å². The van der Waals surface area contributed by atoms with Gasteiger partial charge in [-0.1, -0.05) is 24.3 Å². The number of anilines is 1. The third kappa shape index (κ3) is 7.21. The predicted octanol–water partition coefficient (Wildman–Crippen LogP) is 3.13. The Morgan fingerprint density at radius 2 is 1.78 bits per heavy atom. The third-order valence-corrected chi connectivity index (χ3v) is 6.49. The highest BCUT2D eigenvalue weighted by atomic mass is 16.2. The van der Waals surface area contributed by atoms with Gasteiger partial charge in [0.2, 0.25) is 11.8 Å². The molecule has 36 heavy (non-hydrogen) atoms. The number of hydrogen-bond donors (Lipinski definition) is 0. The lowest BCUT2D eigenvalue weighted by molar-refractivity contribution is -0.132. The van der Waals surface area contributed by atoms with Crippen molar-refractivity contribution in [1.82, 2.24) is 29.5 Å². The molecule has 1 aromatic carbocycles. The van der Waals surface area contributed by atoms with Crippen molar-refractivity contribution < 1.29 is 9.59 Å². The fraction of sp³-hybridized carbons (Fsp3) is 0.444. The number of nitrogens with zero attached hydrogens (tertiary/aromatic N) is 7. The molecule has 0 radical (unpaired) electrons. The van der Waals surface area contributed by atoms with Gasteiger partial charge in [0.05, 0.1) is 5.69 Å². The van der Waals surface area contributed by atoms with Gasteiger partial charge in [0.25, 0.3) is 0 Å². The summed E-state index contributed by atoms with van der Waals surface area (Å²) in [6.07, 6.45) is 7.88. The Kier molecular flexibility index (Phi) is 9.15. The van der Waals surface area contributed by atoms with Crippen molar-refractivity contribution in [3.63, 3.8) is 0 Å². The zero-order valence-corrected chi connectivity index (χ0v) is 21.0. The van der Waals surface area contributed by atoms with E-state index in [4.69, 9.17) is 0 Å². The third-order valence-electron chi connectivity index (χ3n) is 6.49. The summed E-state index contributed by atoms with van der Waals surface area (Å²) >= 11 is 0. The smallest absolute Gasteiger partial charge is 0.223 e. The number of rotatable bonds is 6. The summed E-state index contributed by atoms with van der Waals surface area (Å²) < 4.78 is 1.75. The number of amides is 2. The number of benzene rings is 1. The summed E-state index contributed by atoms with van der Waals surface area (Å²) in [4.78, 5) is 40.6. The normalized spacial score (nSPS) is 15.6. The average molecular weight is 490 g/mol. The standard InChI is InChI=1S/C27H35N7O2/c1-23(35)34-18-8-15-31(20-25-10-4-5-13-29-25)14-7-16-32(19-24-9-2-3-11-26(24)34)27(36)12-6-17-33-22-28-21-30-33/h2-5,9-11,13,21-22H,6-8,12,14-20H2,1H3. The molecule has 9 heteroatoms. The molecule has 3 aromatic rings. The number of aryl methyl sites for hydroxylation is 1. The van der Waals surface area contributed by atoms with E-state index >= 15 is 0 Å². The Labute approximate surface area is 212 Å². The molecule has 0 aliphatic carbocycles. The molecule has 2 amide bonds. The molecule has 0 atom stereocenters. The monoisotopic (exact) mass is 489 g/mol. The van der Waals surface area contributed by atoms with Crippen LogP contribution in [0.3, 0.4) is 0 Å². The van der Waals surface area contributed by atoms with Gasteiger partial charge >= 0.3 is 0 Å². The molecule has 3 heterocycles. The predicted molar refractivity (Wildman–Crippen MR) is 138 cm³/mol. The van der Waals surface area contributed by atoms with Crippen LogP contribution >= 0.6 is 0 Å². The minimum Gasteiger partial charge on any atom is -0.338 e. The molecule has 0 unspecified atom stereocenters. The molecule has 1 aliphatic heterocycles. The summed E-state index contributed by atoms with van der Waals surface area (Å²) in [7, 11) is 0. The first-order valence-electron chi connectivity index (χ1n) is 12.7. The molecule has 2 aromatic heterocycles. The summed E-state index contributed by atoms with van der Waals surface area (Å²) in [6.45, 7) is 6.53. The minimum absolute atomic E-state index is 0.0153. The first-order chi connectivity index (χ1) is 17.6. The zero-order valence-electron chi connectivity index (χ0n) is 21.0. The van der Waals surface area contributed by atoms with Gasteiger partial charge in [-0.3, -0.25) is 24.2 Å². The Morgan fingerprint density at radius 3 is 2.53 bits per heavy atom. The first-order valence-corrected chi connectivity index (χ1v) is 12.7. The molecular weight excluding hydrogens is 454 g/mol. The van der Waals surface area contributed by atoms with Crippen LogP contribution in [0, 0.1) is 0 Å². The maximum atomic E-state index is 13.3. The number of fused-ring (bicyclic) bond motifs is 1. The maximum Gasteiger partial charge on any atom is 0.223 e. The SMILES string of the molecule is CC(=O)N1CCCN(Cc2ccccn2)CCCN(C(=O)CCCn2cncn2)Cc2ccccc21. The van der Waals surface area contributed by atoms with Gasteiger partial charge in [0.15, 0.2) is 0 Å². The van der Waals surface area contributed by atoms with Crippen molar-refractivity contribution in [2.75, 3.05) is 31.1 Å². The van der Waals surface area contributed by atoms with E-state index in [9.17, 15) is 9.59 Å². The second-order valence-corrected chi connectivity index (χ2v) is 9.18. The second kappa shape index (κ2) is 12.9. The molecule has 0 bridgehead atoms. The van der Waals surface area contributed by atoms with Gasteiger partial charge < -0.3 is 9.80 Å². The summed E-state index contributed by atoms with van der Waals surface area (Å²) in [5.41, 5.74) is 2.92. The number of hydrogen-bond acceptors (Lipinski definition) is 6. The number of pyridine rings is 1. The minimum atomic E-state index is 0.0153. The van der Waals surface area contributed by atoms with E-state index in [1.165, 1.54) is 6.33 Å². The Morgan fingerprint density at radius 1 is 0.972 bits per heavy atom. The number of carbonyl (C=O) groups excluding carboxylic acids is 2. The van der Waals surface area contributed by atoms with Crippen LogP contribution in [0.25, 0.3) is 0 Å². The molecule has 0 N–H and O–H groups in total. The van der Waals surface area contributed by atoms with E-state index < -0.39 is 0 Å². The van der Waals surface area contributed by atoms with E-state index in [1.54, 1.807) is 17.9 Å². The fourth-order valence-electron chi connectivity index (χ4n) is 4.68. The van der Waals surface area contributed by atoms with Crippen LogP contribution in [-0.2, 0) is 29.2 Å². The van der Waals surface area contributed by atoms with Crippen molar-refractivity contribution in [2.45, 2.75) is 52.2 Å². The van der Waals surface area contributed by atoms with Crippen molar-refractivity contribution in [1.29, 1.82) is 0 Å². The fourth-order valence-corrected chi connectivity index (χ4v) is 4.68. The Bertz CT molecular complexity index is 1100. The second-order valence-electron chi connectivity index (χ2n) is 9.18. The quantitative estimate of drug-likeness (QED) is 0.529. The van der Waals surface area contributed by atoms with Crippen LogP contribution in [0.5, 0.6) is 0 Å². The van der Waals surface area contributed by atoms with Crippen molar-refractivity contribution in [3.8, 4) is 0 Å². The zero-order chi connectivity index (χ0) is 25.2. The van der Waals surface area contributed by atoms with Gasteiger partial charge in [-0.05, 0) is 43.0 Å². The molecule has 0 saturated carbocycles. The molecule has 0 spiro atoms. The highest BCUT2D eigenvalue weighted by Crippen LogP contribution is 2.24. The van der Waals surface area contributed by atoms with Gasteiger partial charge in [-0.15, -0.1) is 0 Å². The van der Waals surface area contributed by atoms with Crippen molar-refractivity contribution in [3.05, 3.63) is 72.6 Å². The molecule has 1 aliphatic rings. The summed E-state index contributed by atoms with van der Waals surface area (Å²) in [5.74, 6) is 0.133. The molecule has 4 rings (SSSR count). The topological polar surface area (TPSA) is 87.5 Å². The van der Waals surface area contributed by atoms with E-state index in [-0.39, 0.29) is 11.8 Å². The van der Waals surface area contributed by atoms with Crippen LogP contribution in [0.2, 0.25) is 0 Å². The molecule has 9 nitrogen and oxygen atoms in total. The highest BCUT2D eigenvalue weighted by Gasteiger charge is 2.21. The van der Waals surface area contributed by atoms with Crippen LogP contribution in [0.4, 0.5) is 5.69 Å². The van der Waals surface area contributed by atoms with Crippen LogP contribution in [0.15, 0.2) is 61.3 Å². The lowest BCUT2D eigenvalue weighted by Gasteiger charge is -2.31. The van der Waals surface area contributed by atoms with Crippen LogP contribution < -0.4 is 4.90 Å². The lowest BCUT2D eigenvalue weighted by Crippen LogP contribution is -2.38. The van der Waals surface area contributed by atoms with E-state index in [1.807, 2.05) is 58.5 Å². The van der Waals surface area contributed by atoms with E-state index in [0.717, 1.165) is 49.4 Å². The van der Waals surface area contributed by atoms with Gasteiger partial charge in [-0.25, -0.2) is 4.98 Å². The van der Waals surface area contributed by atoms with Gasteiger partial charge in [0.1, 0.15) is 12.7 Å². The summed E-state index contributed by atoms with van der Waals surface area (Å²) in [5, 5.41) is 4.12. The van der Waals surface area contributed by atoms with E-state index in [0.29, 0.717) is 39.0 Å². The van der Waals surface area contributed by atoms with Crippen molar-refractivity contribution >= 4 is 17.5 Å². The summed E-state index contributed by atoms with van der Waals surface area (Å²) in [6, 6.07) is 13.9. The van der Waals surface area contributed by atoms with Crippen LogP contribution in [-0.4, -0.2) is 67.5 Å². The maximum absolute atomic E-state index is 13.3. The lowest BCUT2D eigenvalue weighted by atomic mass is 10.1. The number of aromatic nitrogens is 4. The molecule has 0 fully saturated rings. The van der Waals surface area contributed by atoms with Gasteiger partial charge in [0, 0.05) is 71.0 Å². The molecular formula is C27H35N7O2. The molecule has 0 saturated heterocycles.